The molecule has 1 aliphatic heterocycles. The average Bonchev–Trinajstić information content (AvgIpc) is 3.24. The maximum atomic E-state index is 6.33. The SMILES string of the molecule is COCCOc1c(C2=NCCN2)cc2ccccc2c1-c1ccc(Cl)c(Cl)c1. The lowest BCUT2D eigenvalue weighted by atomic mass is 9.93. The Bertz CT molecular complexity index is 1050. The fourth-order valence-corrected chi connectivity index (χ4v) is 3.70. The van der Waals surface area contributed by atoms with E-state index in [0.717, 1.165) is 52.1 Å². The molecule has 0 amide bonds. The van der Waals surface area contributed by atoms with Gasteiger partial charge in [-0.05, 0) is 34.5 Å². The molecule has 0 saturated heterocycles. The molecule has 0 saturated carbocycles. The molecule has 0 aromatic heterocycles. The van der Waals surface area contributed by atoms with Gasteiger partial charge in [0.25, 0.3) is 0 Å². The number of nitrogens with zero attached hydrogens (tertiary/aromatic N) is 1. The van der Waals surface area contributed by atoms with Crippen LogP contribution in [0.2, 0.25) is 10.0 Å². The normalized spacial score (nSPS) is 13.5. The van der Waals surface area contributed by atoms with Gasteiger partial charge in [0.2, 0.25) is 0 Å². The van der Waals surface area contributed by atoms with E-state index in [0.29, 0.717) is 23.3 Å². The summed E-state index contributed by atoms with van der Waals surface area (Å²) in [5.41, 5.74) is 2.85. The highest BCUT2D eigenvalue weighted by molar-refractivity contribution is 6.42. The lowest BCUT2D eigenvalue weighted by Gasteiger charge is -2.19. The van der Waals surface area contributed by atoms with Crippen LogP contribution in [0.3, 0.4) is 0 Å². The first-order valence-corrected chi connectivity index (χ1v) is 9.86. The largest absolute Gasteiger partial charge is 0.490 e. The van der Waals surface area contributed by atoms with E-state index in [2.05, 4.69) is 28.5 Å². The number of halogens is 2. The van der Waals surface area contributed by atoms with Gasteiger partial charge in [0.05, 0.1) is 28.8 Å². The van der Waals surface area contributed by atoms with Crippen molar-refractivity contribution in [3.05, 3.63) is 64.1 Å². The van der Waals surface area contributed by atoms with Crippen molar-refractivity contribution in [2.75, 3.05) is 33.4 Å². The summed E-state index contributed by atoms with van der Waals surface area (Å²) >= 11 is 12.5. The quantitative estimate of drug-likeness (QED) is 0.564. The van der Waals surface area contributed by atoms with Gasteiger partial charge in [-0.2, -0.15) is 0 Å². The Balaban J connectivity index is 2.00. The molecule has 6 heteroatoms. The van der Waals surface area contributed by atoms with Crippen molar-refractivity contribution < 1.29 is 9.47 Å². The summed E-state index contributed by atoms with van der Waals surface area (Å²) in [6, 6.07) is 16.0. The number of aliphatic imine (C=N–C) groups is 1. The van der Waals surface area contributed by atoms with Crippen molar-refractivity contribution >= 4 is 39.8 Å². The number of nitrogens with one attached hydrogen (secondary N) is 1. The molecule has 28 heavy (non-hydrogen) atoms. The molecule has 0 unspecified atom stereocenters. The van der Waals surface area contributed by atoms with Crippen LogP contribution in [0.15, 0.2) is 53.5 Å². The van der Waals surface area contributed by atoms with Crippen LogP contribution in [-0.2, 0) is 4.74 Å². The monoisotopic (exact) mass is 414 g/mol. The van der Waals surface area contributed by atoms with Gasteiger partial charge in [-0.25, -0.2) is 0 Å². The van der Waals surface area contributed by atoms with E-state index in [4.69, 9.17) is 32.7 Å². The summed E-state index contributed by atoms with van der Waals surface area (Å²) in [6.07, 6.45) is 0. The molecule has 3 aromatic rings. The molecule has 0 aliphatic carbocycles. The number of methoxy groups -OCH3 is 1. The van der Waals surface area contributed by atoms with E-state index >= 15 is 0 Å². The number of rotatable bonds is 6. The van der Waals surface area contributed by atoms with Crippen LogP contribution in [0.25, 0.3) is 21.9 Å². The Morgan fingerprint density at radius 2 is 1.89 bits per heavy atom. The van der Waals surface area contributed by atoms with Gasteiger partial charge in [-0.3, -0.25) is 4.99 Å². The number of hydrogen-bond donors (Lipinski definition) is 1. The van der Waals surface area contributed by atoms with Crippen molar-refractivity contribution in [2.24, 2.45) is 4.99 Å². The zero-order valence-electron chi connectivity index (χ0n) is 15.5. The second-order valence-electron chi connectivity index (χ2n) is 6.48. The molecule has 1 heterocycles. The topological polar surface area (TPSA) is 42.9 Å². The number of amidine groups is 1. The number of hydrogen-bond acceptors (Lipinski definition) is 4. The third kappa shape index (κ3) is 3.68. The molecule has 0 atom stereocenters. The third-order valence-corrected chi connectivity index (χ3v) is 5.41. The summed E-state index contributed by atoms with van der Waals surface area (Å²) in [5.74, 6) is 1.61. The van der Waals surface area contributed by atoms with Gasteiger partial charge >= 0.3 is 0 Å². The summed E-state index contributed by atoms with van der Waals surface area (Å²) in [5, 5.41) is 6.57. The second kappa shape index (κ2) is 8.39. The molecule has 0 radical (unpaired) electrons. The summed E-state index contributed by atoms with van der Waals surface area (Å²) < 4.78 is 11.4. The first-order chi connectivity index (χ1) is 13.7. The molecule has 4 nitrogen and oxygen atoms in total. The van der Waals surface area contributed by atoms with Crippen molar-refractivity contribution in [2.45, 2.75) is 0 Å². The zero-order chi connectivity index (χ0) is 19.5. The van der Waals surface area contributed by atoms with Crippen molar-refractivity contribution in [1.29, 1.82) is 0 Å². The maximum Gasteiger partial charge on any atom is 0.138 e. The summed E-state index contributed by atoms with van der Waals surface area (Å²) in [6.45, 7) is 2.50. The van der Waals surface area contributed by atoms with Crippen molar-refractivity contribution in [3.8, 4) is 16.9 Å². The van der Waals surface area contributed by atoms with Crippen LogP contribution >= 0.6 is 23.2 Å². The Kier molecular flexibility index (Phi) is 5.72. The number of benzene rings is 3. The fourth-order valence-electron chi connectivity index (χ4n) is 3.40. The minimum Gasteiger partial charge on any atom is -0.490 e. The van der Waals surface area contributed by atoms with Crippen molar-refractivity contribution in [3.63, 3.8) is 0 Å². The zero-order valence-corrected chi connectivity index (χ0v) is 17.0. The standard InChI is InChI=1S/C22H20Cl2N2O2/c1-27-10-11-28-21-17(22-25-8-9-26-22)12-14-4-2-3-5-16(14)20(21)15-6-7-18(23)19(24)13-15/h2-7,12-13H,8-11H2,1H3,(H,25,26). The molecule has 0 spiro atoms. The Hall–Kier alpha value is -2.27. The van der Waals surface area contributed by atoms with Crippen LogP contribution in [0.1, 0.15) is 5.56 Å². The molecule has 0 fully saturated rings. The predicted molar refractivity (Wildman–Crippen MR) is 116 cm³/mol. The van der Waals surface area contributed by atoms with E-state index in [1.54, 1.807) is 7.11 Å². The first-order valence-electron chi connectivity index (χ1n) is 9.10. The molecule has 1 N–H and O–H groups in total. The van der Waals surface area contributed by atoms with Crippen LogP contribution in [0.4, 0.5) is 0 Å². The van der Waals surface area contributed by atoms with Crippen LogP contribution in [0.5, 0.6) is 5.75 Å². The molecule has 0 bridgehead atoms. The minimum absolute atomic E-state index is 0.434. The van der Waals surface area contributed by atoms with Gasteiger partial charge < -0.3 is 14.8 Å². The summed E-state index contributed by atoms with van der Waals surface area (Å²) in [4.78, 5) is 4.62. The van der Waals surface area contributed by atoms with Crippen molar-refractivity contribution in [1.82, 2.24) is 5.32 Å². The van der Waals surface area contributed by atoms with Crippen LogP contribution < -0.4 is 10.1 Å². The van der Waals surface area contributed by atoms with E-state index in [9.17, 15) is 0 Å². The fraction of sp³-hybridized carbons (Fsp3) is 0.227. The maximum absolute atomic E-state index is 6.33. The molecular formula is C22H20Cl2N2O2. The van der Waals surface area contributed by atoms with Gasteiger partial charge in [-0.15, -0.1) is 0 Å². The van der Waals surface area contributed by atoms with E-state index in [1.807, 2.05) is 30.3 Å². The smallest absolute Gasteiger partial charge is 0.138 e. The minimum atomic E-state index is 0.434. The molecule has 4 rings (SSSR count). The molecule has 1 aliphatic rings. The van der Waals surface area contributed by atoms with E-state index in [-0.39, 0.29) is 0 Å². The van der Waals surface area contributed by atoms with Gasteiger partial charge in [0.1, 0.15) is 18.2 Å². The van der Waals surface area contributed by atoms with E-state index < -0.39 is 0 Å². The third-order valence-electron chi connectivity index (χ3n) is 4.67. The Morgan fingerprint density at radius 1 is 1.04 bits per heavy atom. The number of fused-ring (bicyclic) bond motifs is 1. The van der Waals surface area contributed by atoms with Crippen LogP contribution in [-0.4, -0.2) is 39.2 Å². The van der Waals surface area contributed by atoms with Gasteiger partial charge in [-0.1, -0.05) is 53.5 Å². The lowest BCUT2D eigenvalue weighted by molar-refractivity contribution is 0.146. The lowest BCUT2D eigenvalue weighted by Crippen LogP contribution is -2.21. The molecule has 3 aromatic carbocycles. The Morgan fingerprint density at radius 3 is 2.64 bits per heavy atom. The van der Waals surface area contributed by atoms with E-state index in [1.165, 1.54) is 0 Å². The summed E-state index contributed by atoms with van der Waals surface area (Å²) in [7, 11) is 1.66. The highest BCUT2D eigenvalue weighted by Gasteiger charge is 2.21. The molecule has 144 valence electrons. The predicted octanol–water partition coefficient (Wildman–Crippen LogP) is 5.19. The Labute approximate surface area is 174 Å². The van der Waals surface area contributed by atoms with Crippen LogP contribution in [0, 0.1) is 0 Å². The highest BCUT2D eigenvalue weighted by Crippen LogP contribution is 2.42. The number of ether oxygens (including phenoxy) is 2. The molecular weight excluding hydrogens is 395 g/mol. The van der Waals surface area contributed by atoms with Gasteiger partial charge in [0.15, 0.2) is 0 Å². The highest BCUT2D eigenvalue weighted by atomic mass is 35.5. The first kappa shape index (κ1) is 19.1. The van der Waals surface area contributed by atoms with Gasteiger partial charge in [0, 0.05) is 19.2 Å². The average molecular weight is 415 g/mol. The second-order valence-corrected chi connectivity index (χ2v) is 7.29.